The first kappa shape index (κ1) is 22.1. The quantitative estimate of drug-likeness (QED) is 0.622. The van der Waals surface area contributed by atoms with Crippen LogP contribution in [0.2, 0.25) is 0 Å². The van der Waals surface area contributed by atoms with Crippen LogP contribution in [0.1, 0.15) is 61.0 Å². The first-order valence-electron chi connectivity index (χ1n) is 11.0. The molecule has 2 aromatic carbocycles. The summed E-state index contributed by atoms with van der Waals surface area (Å²) >= 11 is 6.25. The number of anilines is 1. The molecule has 32 heavy (non-hydrogen) atoms. The lowest BCUT2D eigenvalue weighted by molar-refractivity contribution is -0.140. The Hall–Kier alpha value is -3.12. The highest BCUT2D eigenvalue weighted by atomic mass is 35.5. The lowest BCUT2D eigenvalue weighted by Gasteiger charge is -2.29. The molecule has 1 heterocycles. The molecule has 2 N–H and O–H groups in total. The fourth-order valence-electron chi connectivity index (χ4n) is 4.29. The molecule has 0 aromatic heterocycles. The van der Waals surface area contributed by atoms with Crippen molar-refractivity contribution in [2.75, 3.05) is 5.32 Å². The number of imide groups is 1. The number of hydrogen-bond acceptors (Lipinski definition) is 4. The van der Waals surface area contributed by atoms with Crippen molar-refractivity contribution < 1.29 is 14.4 Å². The van der Waals surface area contributed by atoms with Gasteiger partial charge < -0.3 is 10.6 Å². The van der Waals surface area contributed by atoms with Gasteiger partial charge in [-0.3, -0.25) is 19.3 Å². The van der Waals surface area contributed by atoms with Crippen LogP contribution in [0.15, 0.2) is 65.3 Å². The van der Waals surface area contributed by atoms with E-state index in [9.17, 15) is 14.4 Å². The summed E-state index contributed by atoms with van der Waals surface area (Å²) in [6.45, 7) is 1.92. The zero-order valence-corrected chi connectivity index (χ0v) is 18.7. The molecular formula is C25H26ClN3O3. The van der Waals surface area contributed by atoms with Gasteiger partial charge >= 0.3 is 0 Å². The molecule has 1 saturated carbocycles. The number of carbonyl (C=O) groups is 3. The molecule has 166 valence electrons. The number of benzene rings is 2. The molecule has 1 aliphatic carbocycles. The Bertz CT molecular complexity index is 1060. The summed E-state index contributed by atoms with van der Waals surface area (Å²) in [6.07, 6.45) is 4.74. The van der Waals surface area contributed by atoms with E-state index in [0.717, 1.165) is 37.7 Å². The zero-order valence-electron chi connectivity index (χ0n) is 17.9. The third kappa shape index (κ3) is 4.55. The standard InChI is InChI=1S/C25H26ClN3O3/c1-16(17-9-4-2-5-10-17)27-23(30)18-11-8-12-19(15-18)28-22-21(26)24(31)29(25(22)32)20-13-6-3-7-14-20/h2,4-5,8-12,15-16,20,28H,3,6-7,13-14H2,1H3,(H,27,30). The Balaban J connectivity index is 1.47. The Labute approximate surface area is 192 Å². The number of nitrogens with zero attached hydrogens (tertiary/aromatic N) is 1. The summed E-state index contributed by atoms with van der Waals surface area (Å²) in [4.78, 5) is 39.7. The lowest BCUT2D eigenvalue weighted by Crippen LogP contribution is -2.42. The predicted octanol–water partition coefficient (Wildman–Crippen LogP) is 4.74. The SMILES string of the molecule is CC(NC(=O)c1cccc(NC2=C(Cl)C(=O)N(C3CCCCC3)C2=O)c1)c1ccccc1. The van der Waals surface area contributed by atoms with Gasteiger partial charge in [0.2, 0.25) is 0 Å². The van der Waals surface area contributed by atoms with Crippen molar-refractivity contribution in [3.05, 3.63) is 76.5 Å². The lowest BCUT2D eigenvalue weighted by atomic mass is 9.94. The van der Waals surface area contributed by atoms with E-state index < -0.39 is 11.8 Å². The van der Waals surface area contributed by atoms with Crippen molar-refractivity contribution in [2.45, 2.75) is 51.1 Å². The molecule has 0 saturated heterocycles. The molecule has 7 heteroatoms. The average Bonchev–Trinajstić information content (AvgIpc) is 3.03. The third-order valence-corrected chi connectivity index (χ3v) is 6.39. The maximum absolute atomic E-state index is 13.0. The Kier molecular flexibility index (Phi) is 6.61. The van der Waals surface area contributed by atoms with Crippen molar-refractivity contribution in [1.82, 2.24) is 10.2 Å². The highest BCUT2D eigenvalue weighted by molar-refractivity contribution is 6.48. The van der Waals surface area contributed by atoms with Crippen molar-refractivity contribution in [3.63, 3.8) is 0 Å². The third-order valence-electron chi connectivity index (χ3n) is 6.04. The maximum atomic E-state index is 13.0. The van der Waals surface area contributed by atoms with E-state index in [1.807, 2.05) is 37.3 Å². The van der Waals surface area contributed by atoms with Gasteiger partial charge in [0, 0.05) is 17.3 Å². The summed E-state index contributed by atoms with van der Waals surface area (Å²) in [6, 6.07) is 16.2. The van der Waals surface area contributed by atoms with E-state index in [-0.39, 0.29) is 28.7 Å². The number of amides is 3. The van der Waals surface area contributed by atoms with Gasteiger partial charge in [-0.05, 0) is 43.5 Å². The summed E-state index contributed by atoms with van der Waals surface area (Å²) in [5.41, 5.74) is 2.03. The topological polar surface area (TPSA) is 78.5 Å². The molecule has 3 amide bonds. The molecule has 0 spiro atoms. The van der Waals surface area contributed by atoms with Gasteiger partial charge in [-0.1, -0.05) is 67.3 Å². The average molecular weight is 452 g/mol. The highest BCUT2D eigenvalue weighted by Gasteiger charge is 2.42. The van der Waals surface area contributed by atoms with Crippen LogP contribution >= 0.6 is 11.6 Å². The van der Waals surface area contributed by atoms with Crippen LogP contribution in [0.3, 0.4) is 0 Å². The van der Waals surface area contributed by atoms with Gasteiger partial charge in [-0.15, -0.1) is 0 Å². The second-order valence-corrected chi connectivity index (χ2v) is 8.65. The van der Waals surface area contributed by atoms with Gasteiger partial charge in [-0.2, -0.15) is 0 Å². The van der Waals surface area contributed by atoms with Crippen LogP contribution in [-0.4, -0.2) is 28.7 Å². The fraction of sp³-hybridized carbons (Fsp3) is 0.320. The van der Waals surface area contributed by atoms with E-state index in [4.69, 9.17) is 11.6 Å². The first-order valence-corrected chi connectivity index (χ1v) is 11.3. The number of rotatable bonds is 6. The predicted molar refractivity (Wildman–Crippen MR) is 124 cm³/mol. The van der Waals surface area contributed by atoms with Crippen LogP contribution in [0.4, 0.5) is 5.69 Å². The Morgan fingerprint density at radius 2 is 1.72 bits per heavy atom. The van der Waals surface area contributed by atoms with Crippen LogP contribution in [0, 0.1) is 0 Å². The Morgan fingerprint density at radius 3 is 2.44 bits per heavy atom. The van der Waals surface area contributed by atoms with Crippen LogP contribution in [0.25, 0.3) is 0 Å². The molecule has 0 radical (unpaired) electrons. The van der Waals surface area contributed by atoms with Crippen molar-refractivity contribution in [3.8, 4) is 0 Å². The number of nitrogens with one attached hydrogen (secondary N) is 2. The largest absolute Gasteiger partial charge is 0.350 e. The molecule has 1 unspecified atom stereocenters. The van der Waals surface area contributed by atoms with Gasteiger partial charge in [0.15, 0.2) is 0 Å². The minimum atomic E-state index is -0.448. The molecule has 0 bridgehead atoms. The molecule has 6 nitrogen and oxygen atoms in total. The number of carbonyl (C=O) groups excluding carboxylic acids is 3. The van der Waals surface area contributed by atoms with E-state index in [1.54, 1.807) is 24.3 Å². The minimum Gasteiger partial charge on any atom is -0.350 e. The van der Waals surface area contributed by atoms with Gasteiger partial charge in [0.1, 0.15) is 10.7 Å². The molecule has 1 aliphatic heterocycles. The molecule has 4 rings (SSSR count). The normalized spacial score (nSPS) is 18.1. The van der Waals surface area contributed by atoms with Gasteiger partial charge in [0.25, 0.3) is 17.7 Å². The van der Waals surface area contributed by atoms with Crippen molar-refractivity contribution >= 4 is 35.0 Å². The minimum absolute atomic E-state index is 0.0671. The van der Waals surface area contributed by atoms with Crippen LogP contribution in [0.5, 0.6) is 0 Å². The monoisotopic (exact) mass is 451 g/mol. The van der Waals surface area contributed by atoms with E-state index in [0.29, 0.717) is 11.3 Å². The van der Waals surface area contributed by atoms with E-state index >= 15 is 0 Å². The molecule has 1 fully saturated rings. The van der Waals surface area contributed by atoms with Crippen LogP contribution < -0.4 is 10.6 Å². The Morgan fingerprint density at radius 1 is 1.00 bits per heavy atom. The van der Waals surface area contributed by atoms with Crippen LogP contribution in [-0.2, 0) is 9.59 Å². The highest BCUT2D eigenvalue weighted by Crippen LogP contribution is 2.32. The van der Waals surface area contributed by atoms with Crippen molar-refractivity contribution in [2.24, 2.45) is 0 Å². The zero-order chi connectivity index (χ0) is 22.7. The molecule has 2 aliphatic rings. The number of halogens is 1. The summed E-state index contributed by atoms with van der Waals surface area (Å²) < 4.78 is 0. The molecule has 2 aromatic rings. The second-order valence-electron chi connectivity index (χ2n) is 8.27. The maximum Gasteiger partial charge on any atom is 0.279 e. The van der Waals surface area contributed by atoms with Gasteiger partial charge in [0.05, 0.1) is 6.04 Å². The second kappa shape index (κ2) is 9.57. The fourth-order valence-corrected chi connectivity index (χ4v) is 4.51. The summed E-state index contributed by atoms with van der Waals surface area (Å²) in [7, 11) is 0. The molecule has 1 atom stereocenters. The van der Waals surface area contributed by atoms with E-state index in [1.165, 1.54) is 4.90 Å². The summed E-state index contributed by atoms with van der Waals surface area (Å²) in [5.74, 6) is -1.08. The molecular weight excluding hydrogens is 426 g/mol. The first-order chi connectivity index (χ1) is 15.5. The van der Waals surface area contributed by atoms with Crippen molar-refractivity contribution in [1.29, 1.82) is 0 Å². The smallest absolute Gasteiger partial charge is 0.279 e. The van der Waals surface area contributed by atoms with Gasteiger partial charge in [-0.25, -0.2) is 0 Å². The van der Waals surface area contributed by atoms with E-state index in [2.05, 4.69) is 10.6 Å². The summed E-state index contributed by atoms with van der Waals surface area (Å²) in [5, 5.41) is 5.85. The number of hydrogen-bond donors (Lipinski definition) is 2.